The zero-order valence-corrected chi connectivity index (χ0v) is 22.1. The van der Waals surface area contributed by atoms with Crippen LogP contribution in [0.4, 0.5) is 10.4 Å². The molecule has 2 aromatic carbocycles. The fourth-order valence-corrected chi connectivity index (χ4v) is 7.53. The third-order valence-electron chi connectivity index (χ3n) is 7.65. The van der Waals surface area contributed by atoms with Crippen molar-refractivity contribution in [3.05, 3.63) is 76.9 Å². The maximum atomic E-state index is 15.6. The summed E-state index contributed by atoms with van der Waals surface area (Å²) in [6, 6.07) is 13.9. The number of sulfonamides is 1. The molecule has 0 spiro atoms. The molecule has 0 unspecified atom stereocenters. The minimum Gasteiger partial charge on any atom is -0.408 e. The maximum Gasteiger partial charge on any atom is 0.315 e. The van der Waals surface area contributed by atoms with E-state index in [2.05, 4.69) is 21.4 Å². The van der Waals surface area contributed by atoms with Crippen LogP contribution in [0.2, 0.25) is 0 Å². The summed E-state index contributed by atoms with van der Waals surface area (Å²) >= 11 is 0. The molecule has 3 heterocycles. The molecular formula is C28H31FN4O4S. The van der Waals surface area contributed by atoms with E-state index in [1.54, 1.807) is 13.0 Å². The molecular weight excluding hydrogens is 507 g/mol. The van der Waals surface area contributed by atoms with Gasteiger partial charge in [0, 0.05) is 44.2 Å². The predicted molar refractivity (Wildman–Crippen MR) is 141 cm³/mol. The number of terminal acetylenes is 1. The first-order chi connectivity index (χ1) is 18.3. The highest BCUT2D eigenvalue weighted by molar-refractivity contribution is 7.89. The Bertz CT molecular complexity index is 1410. The number of benzene rings is 2. The fourth-order valence-electron chi connectivity index (χ4n) is 5.43. The fraction of sp³-hybridized carbons (Fsp3) is 0.429. The van der Waals surface area contributed by atoms with Gasteiger partial charge in [-0.3, -0.25) is 0 Å². The molecule has 0 radical (unpaired) electrons. The van der Waals surface area contributed by atoms with Crippen molar-refractivity contribution in [3.63, 3.8) is 0 Å². The summed E-state index contributed by atoms with van der Waals surface area (Å²) < 4.78 is 55.3. The molecule has 0 bridgehead atoms. The Morgan fingerprint density at radius 2 is 1.92 bits per heavy atom. The van der Waals surface area contributed by atoms with E-state index in [1.807, 2.05) is 36.4 Å². The second-order valence-electron chi connectivity index (χ2n) is 9.93. The van der Waals surface area contributed by atoms with Gasteiger partial charge in [0.05, 0.1) is 6.04 Å². The lowest BCUT2D eigenvalue weighted by Gasteiger charge is -2.38. The van der Waals surface area contributed by atoms with Crippen molar-refractivity contribution >= 4 is 16.0 Å². The van der Waals surface area contributed by atoms with Crippen LogP contribution in [-0.2, 0) is 26.7 Å². The number of hydrogen-bond donors (Lipinski definition) is 1. The number of nitrogens with zero attached hydrogens (tertiary/aromatic N) is 3. The Hall–Kier alpha value is -3.26. The molecule has 3 aromatic rings. The molecule has 2 atom stereocenters. The van der Waals surface area contributed by atoms with Crippen LogP contribution in [0.1, 0.15) is 53.5 Å². The van der Waals surface area contributed by atoms with E-state index in [1.165, 1.54) is 10.4 Å². The Morgan fingerprint density at radius 3 is 2.58 bits per heavy atom. The monoisotopic (exact) mass is 538 g/mol. The van der Waals surface area contributed by atoms with E-state index in [9.17, 15) is 8.42 Å². The summed E-state index contributed by atoms with van der Waals surface area (Å²) in [4.78, 5) is 0. The van der Waals surface area contributed by atoms with E-state index in [-0.39, 0.29) is 12.1 Å². The number of rotatable bonds is 7. The number of ether oxygens (including phenoxy) is 1. The van der Waals surface area contributed by atoms with Gasteiger partial charge in [-0.1, -0.05) is 53.5 Å². The first-order valence-electron chi connectivity index (χ1n) is 12.7. The molecule has 10 heteroatoms. The molecule has 0 amide bonds. The van der Waals surface area contributed by atoms with Crippen molar-refractivity contribution in [2.75, 3.05) is 25.1 Å². The van der Waals surface area contributed by atoms with E-state index in [0.717, 1.165) is 5.56 Å². The second kappa shape index (κ2) is 10.8. The lowest BCUT2D eigenvalue weighted by Crippen LogP contribution is -2.45. The molecule has 2 saturated heterocycles. The molecule has 1 N–H and O–H groups in total. The van der Waals surface area contributed by atoms with Crippen molar-refractivity contribution < 1.29 is 22.0 Å². The maximum absolute atomic E-state index is 15.6. The van der Waals surface area contributed by atoms with E-state index in [4.69, 9.17) is 15.6 Å². The highest BCUT2D eigenvalue weighted by Gasteiger charge is 2.42. The van der Waals surface area contributed by atoms with Gasteiger partial charge in [0.15, 0.2) is 0 Å². The Morgan fingerprint density at radius 1 is 1.16 bits per heavy atom. The van der Waals surface area contributed by atoms with Gasteiger partial charge in [0.1, 0.15) is 11.1 Å². The third kappa shape index (κ3) is 5.19. The Kier molecular flexibility index (Phi) is 7.52. The molecule has 200 valence electrons. The van der Waals surface area contributed by atoms with Crippen LogP contribution in [0.3, 0.4) is 0 Å². The molecule has 0 aliphatic carbocycles. The lowest BCUT2D eigenvalue weighted by molar-refractivity contribution is 0.0541. The SMILES string of the molecule is C#C[C@H]1CC[C@H](c2ccccc2)S(=O)(=O)N1Cc1ccc(C2(CNc3nnc(C)o3)CCOCC2)cc1F. The zero-order valence-electron chi connectivity index (χ0n) is 21.3. The number of anilines is 1. The molecule has 2 aliphatic heterocycles. The van der Waals surface area contributed by atoms with Crippen LogP contribution in [-0.4, -0.2) is 48.7 Å². The van der Waals surface area contributed by atoms with Crippen molar-refractivity contribution in [2.24, 2.45) is 0 Å². The highest BCUT2D eigenvalue weighted by atomic mass is 32.2. The lowest BCUT2D eigenvalue weighted by atomic mass is 9.74. The van der Waals surface area contributed by atoms with Gasteiger partial charge in [-0.2, -0.15) is 4.31 Å². The molecule has 2 aliphatic rings. The standard InChI is InChI=1S/C28H31FN4O4S/c1-3-24-11-12-26(21-7-5-4-6-8-21)38(34,35)33(24)18-22-9-10-23(17-25(22)29)28(13-15-36-16-14-28)19-30-27-32-31-20(2)37-27/h1,4-10,17,24,26H,11-16,18-19H2,2H3,(H,30,32)/t24-,26+/m0/s1. The van der Waals surface area contributed by atoms with Crippen molar-refractivity contribution in [2.45, 2.75) is 55.9 Å². The summed E-state index contributed by atoms with van der Waals surface area (Å²) in [7, 11) is -3.80. The first-order valence-corrected chi connectivity index (χ1v) is 14.3. The summed E-state index contributed by atoms with van der Waals surface area (Å²) in [6.07, 6.45) is 8.04. The normalized spacial score (nSPS) is 23.0. The Labute approximate surface area is 222 Å². The molecule has 38 heavy (non-hydrogen) atoms. The highest BCUT2D eigenvalue weighted by Crippen LogP contribution is 2.39. The molecule has 1 aromatic heterocycles. The minimum absolute atomic E-state index is 0.123. The number of aryl methyl sites for hydroxylation is 1. The van der Waals surface area contributed by atoms with Gasteiger partial charge < -0.3 is 14.5 Å². The van der Waals surface area contributed by atoms with Crippen LogP contribution in [0.15, 0.2) is 52.9 Å². The zero-order chi connectivity index (χ0) is 26.8. The van der Waals surface area contributed by atoms with Gasteiger partial charge in [-0.05, 0) is 42.9 Å². The van der Waals surface area contributed by atoms with Crippen LogP contribution in [0, 0.1) is 25.1 Å². The number of aromatic nitrogens is 2. The summed E-state index contributed by atoms with van der Waals surface area (Å²) in [5, 5.41) is 10.3. The molecule has 2 fully saturated rings. The Balaban J connectivity index is 1.40. The van der Waals surface area contributed by atoms with E-state index < -0.39 is 32.5 Å². The van der Waals surface area contributed by atoms with Gasteiger partial charge in [0.2, 0.25) is 15.9 Å². The van der Waals surface area contributed by atoms with Crippen LogP contribution >= 0.6 is 0 Å². The summed E-state index contributed by atoms with van der Waals surface area (Å²) in [5.74, 6) is 2.60. The van der Waals surface area contributed by atoms with E-state index in [0.29, 0.717) is 62.9 Å². The van der Waals surface area contributed by atoms with Crippen molar-refractivity contribution in [1.29, 1.82) is 0 Å². The topological polar surface area (TPSA) is 97.6 Å². The minimum atomic E-state index is -3.80. The van der Waals surface area contributed by atoms with Gasteiger partial charge >= 0.3 is 6.01 Å². The van der Waals surface area contributed by atoms with E-state index >= 15 is 4.39 Å². The third-order valence-corrected chi connectivity index (χ3v) is 9.91. The van der Waals surface area contributed by atoms with Crippen LogP contribution in [0.25, 0.3) is 0 Å². The largest absolute Gasteiger partial charge is 0.408 e. The van der Waals surface area contributed by atoms with Gasteiger partial charge in [-0.15, -0.1) is 11.5 Å². The van der Waals surface area contributed by atoms with Crippen LogP contribution in [0.5, 0.6) is 0 Å². The predicted octanol–water partition coefficient (Wildman–Crippen LogP) is 4.35. The summed E-state index contributed by atoms with van der Waals surface area (Å²) in [6.45, 7) is 3.15. The molecule has 8 nitrogen and oxygen atoms in total. The molecule has 0 saturated carbocycles. The second-order valence-corrected chi connectivity index (χ2v) is 12.0. The summed E-state index contributed by atoms with van der Waals surface area (Å²) in [5.41, 5.74) is 1.41. The molecule has 5 rings (SSSR count). The first kappa shape index (κ1) is 26.4. The van der Waals surface area contributed by atoms with Crippen molar-refractivity contribution in [1.82, 2.24) is 14.5 Å². The van der Waals surface area contributed by atoms with Crippen LogP contribution < -0.4 is 5.32 Å². The van der Waals surface area contributed by atoms with Gasteiger partial charge in [0.25, 0.3) is 0 Å². The average Bonchev–Trinajstić information content (AvgIpc) is 3.35. The number of halogens is 1. The smallest absolute Gasteiger partial charge is 0.315 e. The van der Waals surface area contributed by atoms with Gasteiger partial charge in [-0.25, -0.2) is 12.8 Å². The number of hydrogen-bond acceptors (Lipinski definition) is 7. The quantitative estimate of drug-likeness (QED) is 0.447. The number of nitrogens with one attached hydrogen (secondary N) is 1. The van der Waals surface area contributed by atoms with Crippen molar-refractivity contribution in [3.8, 4) is 12.3 Å². The average molecular weight is 539 g/mol.